The summed E-state index contributed by atoms with van der Waals surface area (Å²) in [7, 11) is 0. The molecule has 0 unspecified atom stereocenters. The predicted octanol–water partition coefficient (Wildman–Crippen LogP) is 3.97. The smallest absolute Gasteiger partial charge is 0.136 e. The lowest BCUT2D eigenvalue weighted by molar-refractivity contribution is 0.275. The Labute approximate surface area is 120 Å². The molecular weight excluding hydrogens is 250 g/mol. The number of nitrogens with zero attached hydrogens (tertiary/aromatic N) is 1. The van der Waals surface area contributed by atoms with E-state index in [1.807, 2.05) is 12.1 Å². The molecule has 2 rings (SSSR count). The first-order valence-electron chi connectivity index (χ1n) is 6.74. The molecule has 1 heterocycles. The number of pyridine rings is 1. The Morgan fingerprint density at radius 3 is 2.55 bits per heavy atom. The van der Waals surface area contributed by atoms with Crippen LogP contribution in [0, 0.1) is 6.92 Å². The van der Waals surface area contributed by atoms with Crippen LogP contribution in [0.15, 0.2) is 36.7 Å². The van der Waals surface area contributed by atoms with Crippen LogP contribution in [0.2, 0.25) is 0 Å². The van der Waals surface area contributed by atoms with Gasteiger partial charge in [0.15, 0.2) is 0 Å². The van der Waals surface area contributed by atoms with Crippen molar-refractivity contribution in [1.29, 1.82) is 0 Å². The molecule has 0 amide bonds. The SMILES string of the molecule is Cc1ccc(Oc2ccncc2CO)c(C(C)(C)C)c1. The van der Waals surface area contributed by atoms with Gasteiger partial charge in [0.05, 0.1) is 6.61 Å². The number of hydrogen-bond acceptors (Lipinski definition) is 3. The Bertz CT molecular complexity index is 600. The maximum absolute atomic E-state index is 9.35. The number of aliphatic hydroxyl groups is 1. The van der Waals surface area contributed by atoms with Crippen LogP contribution >= 0.6 is 0 Å². The quantitative estimate of drug-likeness (QED) is 0.918. The van der Waals surface area contributed by atoms with Crippen molar-refractivity contribution in [3.63, 3.8) is 0 Å². The lowest BCUT2D eigenvalue weighted by atomic mass is 9.85. The van der Waals surface area contributed by atoms with Crippen molar-refractivity contribution in [3.05, 3.63) is 53.3 Å². The van der Waals surface area contributed by atoms with Gasteiger partial charge in [-0.15, -0.1) is 0 Å². The maximum atomic E-state index is 9.35. The molecule has 2 aromatic rings. The van der Waals surface area contributed by atoms with Gasteiger partial charge >= 0.3 is 0 Å². The van der Waals surface area contributed by atoms with Crippen molar-refractivity contribution < 1.29 is 9.84 Å². The van der Waals surface area contributed by atoms with Gasteiger partial charge in [0.25, 0.3) is 0 Å². The Balaban J connectivity index is 2.44. The van der Waals surface area contributed by atoms with E-state index in [4.69, 9.17) is 4.74 Å². The van der Waals surface area contributed by atoms with Crippen LogP contribution in [0.25, 0.3) is 0 Å². The number of ether oxygens (including phenoxy) is 1. The minimum absolute atomic E-state index is 0.00619. The first-order valence-corrected chi connectivity index (χ1v) is 6.74. The van der Waals surface area contributed by atoms with E-state index in [0.29, 0.717) is 11.3 Å². The molecule has 106 valence electrons. The van der Waals surface area contributed by atoms with E-state index in [1.54, 1.807) is 18.5 Å². The fourth-order valence-electron chi connectivity index (χ4n) is 2.07. The number of rotatable bonds is 3. The van der Waals surface area contributed by atoms with E-state index in [0.717, 1.165) is 11.3 Å². The average Bonchev–Trinajstić information content (AvgIpc) is 2.40. The second kappa shape index (κ2) is 5.63. The first-order chi connectivity index (χ1) is 9.41. The fraction of sp³-hybridized carbons (Fsp3) is 0.353. The van der Waals surface area contributed by atoms with E-state index in [1.165, 1.54) is 5.56 Å². The van der Waals surface area contributed by atoms with Gasteiger partial charge in [0.1, 0.15) is 11.5 Å². The summed E-state index contributed by atoms with van der Waals surface area (Å²) in [6.45, 7) is 8.47. The highest BCUT2D eigenvalue weighted by Crippen LogP contribution is 2.35. The Morgan fingerprint density at radius 2 is 1.90 bits per heavy atom. The number of aliphatic hydroxyl groups excluding tert-OH is 1. The van der Waals surface area contributed by atoms with Crippen LogP contribution in [0.4, 0.5) is 0 Å². The first kappa shape index (κ1) is 14.5. The molecule has 0 fully saturated rings. The lowest BCUT2D eigenvalue weighted by Gasteiger charge is -2.23. The molecule has 0 saturated heterocycles. The number of hydrogen-bond donors (Lipinski definition) is 1. The van der Waals surface area contributed by atoms with Crippen molar-refractivity contribution in [2.45, 2.75) is 39.7 Å². The zero-order chi connectivity index (χ0) is 14.8. The van der Waals surface area contributed by atoms with Crippen LogP contribution in [-0.4, -0.2) is 10.1 Å². The van der Waals surface area contributed by atoms with E-state index in [9.17, 15) is 5.11 Å². The monoisotopic (exact) mass is 271 g/mol. The molecule has 3 nitrogen and oxygen atoms in total. The van der Waals surface area contributed by atoms with Crippen molar-refractivity contribution in [2.75, 3.05) is 0 Å². The number of benzene rings is 1. The molecule has 20 heavy (non-hydrogen) atoms. The van der Waals surface area contributed by atoms with Gasteiger partial charge in [0.2, 0.25) is 0 Å². The Kier molecular flexibility index (Phi) is 4.09. The van der Waals surface area contributed by atoms with E-state index < -0.39 is 0 Å². The third kappa shape index (κ3) is 3.17. The summed E-state index contributed by atoms with van der Waals surface area (Å²) in [6.07, 6.45) is 3.29. The molecule has 0 radical (unpaired) electrons. The largest absolute Gasteiger partial charge is 0.457 e. The maximum Gasteiger partial charge on any atom is 0.136 e. The summed E-state index contributed by atoms with van der Waals surface area (Å²) < 4.78 is 6.01. The minimum atomic E-state index is -0.0834. The van der Waals surface area contributed by atoms with Gasteiger partial charge in [0, 0.05) is 23.5 Å². The van der Waals surface area contributed by atoms with Gasteiger partial charge < -0.3 is 9.84 Å². The van der Waals surface area contributed by atoms with Crippen molar-refractivity contribution in [3.8, 4) is 11.5 Å². The molecule has 0 aliphatic carbocycles. The molecule has 0 aliphatic rings. The zero-order valence-corrected chi connectivity index (χ0v) is 12.5. The predicted molar refractivity (Wildman–Crippen MR) is 80.1 cm³/mol. The second-order valence-corrected chi connectivity index (χ2v) is 5.99. The van der Waals surface area contributed by atoms with Crippen molar-refractivity contribution in [1.82, 2.24) is 4.98 Å². The minimum Gasteiger partial charge on any atom is -0.457 e. The molecule has 1 aromatic carbocycles. The summed E-state index contributed by atoms with van der Waals surface area (Å²) in [6, 6.07) is 7.94. The van der Waals surface area contributed by atoms with Crippen molar-refractivity contribution >= 4 is 0 Å². The normalized spacial score (nSPS) is 11.4. The molecule has 0 aliphatic heterocycles. The molecule has 1 N–H and O–H groups in total. The summed E-state index contributed by atoms with van der Waals surface area (Å²) in [5.74, 6) is 1.47. The highest BCUT2D eigenvalue weighted by atomic mass is 16.5. The van der Waals surface area contributed by atoms with Gasteiger partial charge in [-0.05, 0) is 24.5 Å². The van der Waals surface area contributed by atoms with E-state index in [2.05, 4.69) is 38.7 Å². The van der Waals surface area contributed by atoms with Crippen LogP contribution in [0.3, 0.4) is 0 Å². The summed E-state index contributed by atoms with van der Waals surface area (Å²) in [5, 5.41) is 9.35. The van der Waals surface area contributed by atoms with E-state index in [-0.39, 0.29) is 12.0 Å². The standard InChI is InChI=1S/C17H21NO2/c1-12-5-6-16(14(9-12)17(2,3)4)20-15-7-8-18-10-13(15)11-19/h5-10,19H,11H2,1-4H3. The summed E-state index contributed by atoms with van der Waals surface area (Å²) >= 11 is 0. The third-order valence-corrected chi connectivity index (χ3v) is 3.19. The molecule has 0 spiro atoms. The van der Waals surface area contributed by atoms with Crippen molar-refractivity contribution in [2.24, 2.45) is 0 Å². The van der Waals surface area contributed by atoms with Crippen LogP contribution in [0.1, 0.15) is 37.5 Å². The van der Waals surface area contributed by atoms with Crippen LogP contribution < -0.4 is 4.74 Å². The second-order valence-electron chi connectivity index (χ2n) is 5.99. The number of aromatic nitrogens is 1. The highest BCUT2D eigenvalue weighted by Gasteiger charge is 2.20. The summed E-state index contributed by atoms with van der Waals surface area (Å²) in [5.41, 5.74) is 3.04. The van der Waals surface area contributed by atoms with Gasteiger partial charge in [-0.1, -0.05) is 38.5 Å². The Hall–Kier alpha value is -1.87. The third-order valence-electron chi connectivity index (χ3n) is 3.19. The fourth-order valence-corrected chi connectivity index (χ4v) is 2.07. The molecular formula is C17H21NO2. The lowest BCUT2D eigenvalue weighted by Crippen LogP contribution is -2.13. The Morgan fingerprint density at radius 1 is 1.15 bits per heavy atom. The molecule has 0 atom stereocenters. The highest BCUT2D eigenvalue weighted by molar-refractivity contribution is 5.45. The number of aryl methyl sites for hydroxylation is 1. The average molecular weight is 271 g/mol. The van der Waals surface area contributed by atoms with Gasteiger partial charge in [-0.2, -0.15) is 0 Å². The summed E-state index contributed by atoms with van der Waals surface area (Å²) in [4.78, 5) is 4.00. The van der Waals surface area contributed by atoms with Gasteiger partial charge in [-0.25, -0.2) is 0 Å². The van der Waals surface area contributed by atoms with Crippen LogP contribution in [-0.2, 0) is 12.0 Å². The molecule has 0 bridgehead atoms. The topological polar surface area (TPSA) is 42.4 Å². The zero-order valence-electron chi connectivity index (χ0n) is 12.5. The molecule has 1 aromatic heterocycles. The van der Waals surface area contributed by atoms with E-state index >= 15 is 0 Å². The van der Waals surface area contributed by atoms with Gasteiger partial charge in [-0.3, -0.25) is 4.98 Å². The molecule has 3 heteroatoms. The van der Waals surface area contributed by atoms with Crippen LogP contribution in [0.5, 0.6) is 11.5 Å². The molecule has 0 saturated carbocycles.